The van der Waals surface area contributed by atoms with E-state index in [4.69, 9.17) is 4.74 Å². The van der Waals surface area contributed by atoms with Crippen LogP contribution in [-0.2, 0) is 4.79 Å². The number of carbonyl (C=O) groups excluding carboxylic acids is 1. The van der Waals surface area contributed by atoms with E-state index in [9.17, 15) is 4.79 Å². The zero-order chi connectivity index (χ0) is 20.6. The highest BCUT2D eigenvalue weighted by molar-refractivity contribution is 5.86. The maximum atomic E-state index is 12.3. The minimum Gasteiger partial charge on any atom is -0.479 e. The van der Waals surface area contributed by atoms with Gasteiger partial charge in [0, 0.05) is 30.4 Å². The number of para-hydroxylation sites is 1. The quantitative estimate of drug-likeness (QED) is 0.466. The van der Waals surface area contributed by atoms with Gasteiger partial charge in [-0.1, -0.05) is 30.3 Å². The fourth-order valence-corrected chi connectivity index (χ4v) is 3.04. The number of pyridine rings is 1. The minimum absolute atomic E-state index is 0.325. The molecule has 2 aromatic carbocycles. The first-order chi connectivity index (χ1) is 14.1. The maximum absolute atomic E-state index is 12.3. The zero-order valence-electron chi connectivity index (χ0n) is 17.0. The van der Waals surface area contributed by atoms with Crippen LogP contribution in [0.15, 0.2) is 65.9 Å². The van der Waals surface area contributed by atoms with Crippen LogP contribution in [0.2, 0.25) is 0 Å². The van der Waals surface area contributed by atoms with E-state index in [-0.39, 0.29) is 5.91 Å². The van der Waals surface area contributed by atoms with E-state index in [1.165, 1.54) is 5.69 Å². The number of hydrogen-bond donors (Lipinski definition) is 1. The summed E-state index contributed by atoms with van der Waals surface area (Å²) in [6, 6.07) is 17.5. The minimum atomic E-state index is -0.704. The third-order valence-electron chi connectivity index (χ3n) is 4.68. The summed E-state index contributed by atoms with van der Waals surface area (Å²) in [7, 11) is 0. The van der Waals surface area contributed by atoms with Gasteiger partial charge in [0.2, 0.25) is 0 Å². The Morgan fingerprint density at radius 3 is 2.59 bits per heavy atom. The van der Waals surface area contributed by atoms with E-state index >= 15 is 0 Å². The van der Waals surface area contributed by atoms with Crippen molar-refractivity contribution < 1.29 is 9.53 Å². The summed E-state index contributed by atoms with van der Waals surface area (Å²) < 4.78 is 5.80. The van der Waals surface area contributed by atoms with Crippen molar-refractivity contribution in [1.29, 1.82) is 0 Å². The highest BCUT2D eigenvalue weighted by Crippen LogP contribution is 2.23. The molecular formula is C23H26N4O2. The molecule has 1 amide bonds. The first-order valence-corrected chi connectivity index (χ1v) is 9.80. The fourth-order valence-electron chi connectivity index (χ4n) is 3.04. The number of fused-ring (bicyclic) bond motifs is 1. The molecule has 6 heteroatoms. The SMILES string of the molecule is CCN(CC)c1ccc(C=NNC(=O)C(C)Oc2cccc3cccnc23)cc1. The van der Waals surface area contributed by atoms with Crippen LogP contribution in [0.5, 0.6) is 5.75 Å². The molecule has 0 saturated heterocycles. The van der Waals surface area contributed by atoms with Crippen molar-refractivity contribution in [1.82, 2.24) is 10.4 Å². The molecule has 0 fully saturated rings. The highest BCUT2D eigenvalue weighted by Gasteiger charge is 2.15. The molecule has 0 aliphatic heterocycles. The first kappa shape index (κ1) is 20.3. The third kappa shape index (κ3) is 5.10. The average Bonchev–Trinajstić information content (AvgIpc) is 2.76. The molecule has 6 nitrogen and oxygen atoms in total. The average molecular weight is 390 g/mol. The molecule has 1 atom stereocenters. The van der Waals surface area contributed by atoms with Crippen LogP contribution >= 0.6 is 0 Å². The number of hydrogen-bond acceptors (Lipinski definition) is 5. The summed E-state index contributed by atoms with van der Waals surface area (Å²) in [6.07, 6.45) is 2.62. The van der Waals surface area contributed by atoms with Crippen molar-refractivity contribution in [2.24, 2.45) is 5.10 Å². The molecule has 0 saturated carbocycles. The largest absolute Gasteiger partial charge is 0.479 e. The standard InChI is InChI=1S/C23H26N4O2/c1-4-27(5-2)20-13-11-18(12-14-20)16-25-26-23(28)17(3)29-21-10-6-8-19-9-7-15-24-22(19)21/h6-17H,4-5H2,1-3H3,(H,26,28). The van der Waals surface area contributed by atoms with Crippen molar-refractivity contribution in [2.45, 2.75) is 26.9 Å². The van der Waals surface area contributed by atoms with E-state index < -0.39 is 6.10 Å². The Kier molecular flexibility index (Phi) is 6.79. The number of nitrogens with zero attached hydrogens (tertiary/aromatic N) is 3. The van der Waals surface area contributed by atoms with Gasteiger partial charge in [0.1, 0.15) is 11.3 Å². The van der Waals surface area contributed by atoms with Gasteiger partial charge in [0.15, 0.2) is 6.10 Å². The molecule has 0 aliphatic carbocycles. The molecule has 3 aromatic rings. The second kappa shape index (κ2) is 9.68. The van der Waals surface area contributed by atoms with Crippen LogP contribution in [-0.4, -0.2) is 36.3 Å². The lowest BCUT2D eigenvalue weighted by Crippen LogP contribution is -2.33. The van der Waals surface area contributed by atoms with Crippen LogP contribution in [0, 0.1) is 0 Å². The van der Waals surface area contributed by atoms with Crippen LogP contribution in [0.1, 0.15) is 26.3 Å². The van der Waals surface area contributed by atoms with E-state index in [1.54, 1.807) is 25.4 Å². The number of nitrogens with one attached hydrogen (secondary N) is 1. The smallest absolute Gasteiger partial charge is 0.280 e. The van der Waals surface area contributed by atoms with Crippen molar-refractivity contribution in [3.63, 3.8) is 0 Å². The van der Waals surface area contributed by atoms with Crippen molar-refractivity contribution in [2.75, 3.05) is 18.0 Å². The predicted octanol–water partition coefficient (Wildman–Crippen LogP) is 4.00. The molecule has 150 valence electrons. The van der Waals surface area contributed by atoms with E-state index in [0.717, 1.165) is 29.6 Å². The molecule has 1 N–H and O–H groups in total. The molecule has 1 heterocycles. The van der Waals surface area contributed by atoms with Crippen molar-refractivity contribution in [3.05, 3.63) is 66.4 Å². The van der Waals surface area contributed by atoms with Crippen LogP contribution in [0.4, 0.5) is 5.69 Å². The van der Waals surface area contributed by atoms with Gasteiger partial charge in [-0.2, -0.15) is 5.10 Å². The second-order valence-electron chi connectivity index (χ2n) is 6.59. The number of hydrazone groups is 1. The molecular weight excluding hydrogens is 364 g/mol. The van der Waals surface area contributed by atoms with Crippen LogP contribution < -0.4 is 15.1 Å². The molecule has 0 spiro atoms. The zero-order valence-corrected chi connectivity index (χ0v) is 17.0. The topological polar surface area (TPSA) is 66.8 Å². The predicted molar refractivity (Wildman–Crippen MR) is 118 cm³/mol. The monoisotopic (exact) mass is 390 g/mol. The summed E-state index contributed by atoms with van der Waals surface area (Å²) in [4.78, 5) is 18.9. The van der Waals surface area contributed by atoms with E-state index in [1.807, 2.05) is 36.4 Å². The Labute approximate surface area is 171 Å². The number of amides is 1. The van der Waals surface area contributed by atoms with Crippen LogP contribution in [0.3, 0.4) is 0 Å². The molecule has 3 rings (SSSR count). The Bertz CT molecular complexity index is 976. The van der Waals surface area contributed by atoms with Crippen molar-refractivity contribution in [3.8, 4) is 5.75 Å². The number of anilines is 1. The van der Waals surface area contributed by atoms with Gasteiger partial charge < -0.3 is 9.64 Å². The number of carbonyl (C=O) groups is 1. The summed E-state index contributed by atoms with van der Waals surface area (Å²) in [6.45, 7) is 7.87. The number of rotatable bonds is 8. The summed E-state index contributed by atoms with van der Waals surface area (Å²) in [5.41, 5.74) is 5.34. The Balaban J connectivity index is 1.58. The first-order valence-electron chi connectivity index (χ1n) is 9.80. The molecule has 0 bridgehead atoms. The lowest BCUT2D eigenvalue weighted by Gasteiger charge is -2.20. The maximum Gasteiger partial charge on any atom is 0.280 e. The Morgan fingerprint density at radius 1 is 1.14 bits per heavy atom. The van der Waals surface area contributed by atoms with Gasteiger partial charge >= 0.3 is 0 Å². The summed E-state index contributed by atoms with van der Waals surface area (Å²) in [5.74, 6) is 0.246. The Hall–Kier alpha value is -3.41. The van der Waals surface area contributed by atoms with Gasteiger partial charge in [0.25, 0.3) is 5.91 Å². The molecule has 1 aromatic heterocycles. The van der Waals surface area contributed by atoms with Gasteiger partial charge in [-0.15, -0.1) is 0 Å². The van der Waals surface area contributed by atoms with E-state index in [0.29, 0.717) is 5.75 Å². The number of ether oxygens (including phenoxy) is 1. The summed E-state index contributed by atoms with van der Waals surface area (Å²) >= 11 is 0. The fraction of sp³-hybridized carbons (Fsp3) is 0.261. The Morgan fingerprint density at radius 2 is 1.86 bits per heavy atom. The number of aromatic nitrogens is 1. The summed E-state index contributed by atoms with van der Waals surface area (Å²) in [5, 5.41) is 5.01. The number of benzene rings is 2. The normalized spacial score (nSPS) is 12.1. The third-order valence-corrected chi connectivity index (χ3v) is 4.68. The van der Waals surface area contributed by atoms with Crippen LogP contribution in [0.25, 0.3) is 10.9 Å². The van der Waals surface area contributed by atoms with E-state index in [2.05, 4.69) is 46.4 Å². The van der Waals surface area contributed by atoms with Crippen molar-refractivity contribution >= 4 is 28.7 Å². The van der Waals surface area contributed by atoms with Gasteiger partial charge in [-0.05, 0) is 50.6 Å². The molecule has 1 unspecified atom stereocenters. The molecule has 0 radical (unpaired) electrons. The van der Waals surface area contributed by atoms with Gasteiger partial charge in [-0.25, -0.2) is 5.43 Å². The molecule has 0 aliphatic rings. The highest BCUT2D eigenvalue weighted by atomic mass is 16.5. The van der Waals surface area contributed by atoms with Gasteiger partial charge in [0.05, 0.1) is 6.21 Å². The van der Waals surface area contributed by atoms with Gasteiger partial charge in [-0.3, -0.25) is 9.78 Å². The lowest BCUT2D eigenvalue weighted by molar-refractivity contribution is -0.127. The molecule has 29 heavy (non-hydrogen) atoms. The lowest BCUT2D eigenvalue weighted by atomic mass is 10.2. The second-order valence-corrected chi connectivity index (χ2v) is 6.59.